The molecule has 2 N–H and O–H groups in total. The monoisotopic (exact) mass is 372 g/mol. The van der Waals surface area contributed by atoms with Crippen molar-refractivity contribution >= 4 is 12.2 Å². The molecule has 0 aliphatic rings. The maximum absolute atomic E-state index is 11.7. The molecule has 0 unspecified atom stereocenters. The van der Waals surface area contributed by atoms with Crippen LogP contribution in [-0.2, 0) is 16.1 Å². The zero-order chi connectivity index (χ0) is 19.5. The minimum atomic E-state index is -0.786. The maximum atomic E-state index is 11.7. The molecule has 0 heterocycles. The highest BCUT2D eigenvalue weighted by molar-refractivity contribution is 5.71. The van der Waals surface area contributed by atoms with Crippen LogP contribution in [0, 0.1) is 0 Å². The molecule has 0 atom stereocenters. The molecule has 0 saturated carbocycles. The quantitative estimate of drug-likeness (QED) is 0.689. The summed E-state index contributed by atoms with van der Waals surface area (Å²) in [5, 5.41) is 5.17. The Bertz CT molecular complexity index is 699. The van der Waals surface area contributed by atoms with E-state index in [1.165, 1.54) is 0 Å². The zero-order valence-electron chi connectivity index (χ0n) is 15.4. The highest BCUT2D eigenvalue weighted by atomic mass is 16.6. The van der Waals surface area contributed by atoms with E-state index < -0.39 is 18.4 Å². The molecular weight excluding hydrogens is 348 g/mol. The van der Waals surface area contributed by atoms with Crippen molar-refractivity contribution in [3.05, 3.63) is 65.7 Å². The molecule has 144 valence electrons. The standard InChI is InChI=1S/C20H24N2O5/c1-3-25-19(23)21-18(22-20(24)26-4-2)16-10-12-17(13-11-16)27-14-15-8-6-5-7-9-15/h5-13,18H,3-4,14H2,1-2H3,(H,21,23)(H,22,24). The first kappa shape index (κ1) is 20.1. The lowest BCUT2D eigenvalue weighted by molar-refractivity contribution is 0.135. The van der Waals surface area contributed by atoms with Gasteiger partial charge in [-0.05, 0) is 37.1 Å². The zero-order valence-corrected chi connectivity index (χ0v) is 15.4. The Morgan fingerprint density at radius 3 is 1.93 bits per heavy atom. The minimum absolute atomic E-state index is 0.226. The molecule has 0 aliphatic carbocycles. The highest BCUT2D eigenvalue weighted by Gasteiger charge is 2.18. The van der Waals surface area contributed by atoms with Crippen LogP contribution in [0.2, 0.25) is 0 Å². The Kier molecular flexibility index (Phi) is 7.96. The molecule has 2 amide bonds. The van der Waals surface area contributed by atoms with Gasteiger partial charge >= 0.3 is 12.2 Å². The molecular formula is C20H24N2O5. The third kappa shape index (κ3) is 6.89. The molecule has 0 aromatic heterocycles. The summed E-state index contributed by atoms with van der Waals surface area (Å²) >= 11 is 0. The highest BCUT2D eigenvalue weighted by Crippen LogP contribution is 2.18. The Morgan fingerprint density at radius 2 is 1.41 bits per heavy atom. The second-order valence-electron chi connectivity index (χ2n) is 5.51. The van der Waals surface area contributed by atoms with Gasteiger partial charge in [-0.2, -0.15) is 0 Å². The summed E-state index contributed by atoms with van der Waals surface area (Å²) in [5.74, 6) is 0.675. The van der Waals surface area contributed by atoms with Crippen LogP contribution in [0.25, 0.3) is 0 Å². The number of rotatable bonds is 8. The number of ether oxygens (including phenoxy) is 3. The van der Waals surface area contributed by atoms with Crippen LogP contribution in [-0.4, -0.2) is 25.4 Å². The Hall–Kier alpha value is -3.22. The maximum Gasteiger partial charge on any atom is 0.409 e. The van der Waals surface area contributed by atoms with E-state index in [-0.39, 0.29) is 13.2 Å². The predicted octanol–water partition coefficient (Wildman–Crippen LogP) is 3.76. The van der Waals surface area contributed by atoms with Crippen molar-refractivity contribution in [1.82, 2.24) is 10.6 Å². The van der Waals surface area contributed by atoms with Crippen molar-refractivity contribution in [2.75, 3.05) is 13.2 Å². The Labute approximate surface area is 158 Å². The summed E-state index contributed by atoms with van der Waals surface area (Å²) in [6, 6.07) is 16.9. The van der Waals surface area contributed by atoms with Gasteiger partial charge < -0.3 is 14.2 Å². The van der Waals surface area contributed by atoms with Gasteiger partial charge in [-0.25, -0.2) is 9.59 Å². The van der Waals surface area contributed by atoms with Crippen molar-refractivity contribution in [3.63, 3.8) is 0 Å². The van der Waals surface area contributed by atoms with E-state index in [2.05, 4.69) is 10.6 Å². The first-order valence-electron chi connectivity index (χ1n) is 8.75. The van der Waals surface area contributed by atoms with Crippen LogP contribution in [0.3, 0.4) is 0 Å². The molecule has 2 aromatic carbocycles. The molecule has 27 heavy (non-hydrogen) atoms. The number of benzene rings is 2. The lowest BCUT2D eigenvalue weighted by Crippen LogP contribution is -2.41. The van der Waals surface area contributed by atoms with Gasteiger partial charge in [0, 0.05) is 0 Å². The van der Waals surface area contributed by atoms with Gasteiger partial charge in [0.1, 0.15) is 18.5 Å². The predicted molar refractivity (Wildman–Crippen MR) is 100 cm³/mol. The Morgan fingerprint density at radius 1 is 0.852 bits per heavy atom. The molecule has 0 saturated heterocycles. The number of alkyl carbamates (subject to hydrolysis) is 2. The molecule has 0 radical (unpaired) electrons. The van der Waals surface area contributed by atoms with Gasteiger partial charge in [0.05, 0.1) is 13.2 Å². The van der Waals surface area contributed by atoms with Crippen molar-refractivity contribution in [3.8, 4) is 5.75 Å². The topological polar surface area (TPSA) is 85.9 Å². The van der Waals surface area contributed by atoms with Crippen LogP contribution >= 0.6 is 0 Å². The first-order chi connectivity index (χ1) is 13.1. The number of hydrogen-bond donors (Lipinski definition) is 2. The molecule has 0 spiro atoms. The summed E-state index contributed by atoms with van der Waals surface area (Å²) < 4.78 is 15.5. The van der Waals surface area contributed by atoms with Gasteiger partial charge in [0.2, 0.25) is 0 Å². The van der Waals surface area contributed by atoms with E-state index in [9.17, 15) is 9.59 Å². The van der Waals surface area contributed by atoms with Crippen molar-refractivity contribution in [2.45, 2.75) is 26.6 Å². The summed E-state index contributed by atoms with van der Waals surface area (Å²) in [7, 11) is 0. The van der Waals surface area contributed by atoms with E-state index in [0.717, 1.165) is 5.56 Å². The molecule has 2 rings (SSSR count). The largest absolute Gasteiger partial charge is 0.489 e. The third-order valence-corrected chi connectivity index (χ3v) is 3.54. The average Bonchev–Trinajstić information content (AvgIpc) is 2.67. The third-order valence-electron chi connectivity index (χ3n) is 3.54. The van der Waals surface area contributed by atoms with E-state index in [1.54, 1.807) is 38.1 Å². The fourth-order valence-corrected chi connectivity index (χ4v) is 2.28. The first-order valence-corrected chi connectivity index (χ1v) is 8.75. The molecule has 0 aliphatic heterocycles. The average molecular weight is 372 g/mol. The summed E-state index contributed by atoms with van der Waals surface area (Å²) in [6.45, 7) is 4.30. The minimum Gasteiger partial charge on any atom is -0.489 e. The van der Waals surface area contributed by atoms with Crippen LogP contribution in [0.1, 0.15) is 31.1 Å². The lowest BCUT2D eigenvalue weighted by atomic mass is 10.1. The van der Waals surface area contributed by atoms with Crippen LogP contribution in [0.4, 0.5) is 9.59 Å². The van der Waals surface area contributed by atoms with E-state index in [4.69, 9.17) is 14.2 Å². The Balaban J connectivity index is 2.03. The second kappa shape index (κ2) is 10.7. The second-order valence-corrected chi connectivity index (χ2v) is 5.51. The number of carbonyl (C=O) groups is 2. The molecule has 7 heteroatoms. The summed E-state index contributed by atoms with van der Waals surface area (Å²) in [5.41, 5.74) is 1.72. The van der Waals surface area contributed by atoms with Gasteiger partial charge in [-0.15, -0.1) is 0 Å². The number of hydrogen-bond acceptors (Lipinski definition) is 5. The normalized spacial score (nSPS) is 10.2. The fraction of sp³-hybridized carbons (Fsp3) is 0.300. The van der Waals surface area contributed by atoms with Crippen LogP contribution in [0.15, 0.2) is 54.6 Å². The molecule has 0 bridgehead atoms. The lowest BCUT2D eigenvalue weighted by Gasteiger charge is -2.20. The molecule has 2 aromatic rings. The number of amides is 2. The number of carbonyl (C=O) groups excluding carboxylic acids is 2. The fourth-order valence-electron chi connectivity index (χ4n) is 2.28. The van der Waals surface area contributed by atoms with Gasteiger partial charge in [0.25, 0.3) is 0 Å². The van der Waals surface area contributed by atoms with Gasteiger partial charge in [0.15, 0.2) is 0 Å². The number of nitrogens with one attached hydrogen (secondary N) is 2. The van der Waals surface area contributed by atoms with Gasteiger partial charge in [-0.1, -0.05) is 42.5 Å². The SMILES string of the molecule is CCOC(=O)NC(NC(=O)OCC)c1ccc(OCc2ccccc2)cc1. The van der Waals surface area contributed by atoms with Crippen molar-refractivity contribution in [1.29, 1.82) is 0 Å². The van der Waals surface area contributed by atoms with Crippen LogP contribution in [0.5, 0.6) is 5.75 Å². The molecule has 0 fully saturated rings. The van der Waals surface area contributed by atoms with E-state index >= 15 is 0 Å². The molecule has 7 nitrogen and oxygen atoms in total. The smallest absolute Gasteiger partial charge is 0.409 e. The summed E-state index contributed by atoms with van der Waals surface area (Å²) in [4.78, 5) is 23.5. The van der Waals surface area contributed by atoms with Crippen LogP contribution < -0.4 is 15.4 Å². The van der Waals surface area contributed by atoms with Crippen molar-refractivity contribution in [2.24, 2.45) is 0 Å². The van der Waals surface area contributed by atoms with E-state index in [1.807, 2.05) is 30.3 Å². The van der Waals surface area contributed by atoms with Gasteiger partial charge in [-0.3, -0.25) is 10.6 Å². The van der Waals surface area contributed by atoms with E-state index in [0.29, 0.717) is 17.9 Å². The van der Waals surface area contributed by atoms with Crippen molar-refractivity contribution < 1.29 is 23.8 Å². The summed E-state index contributed by atoms with van der Waals surface area (Å²) in [6.07, 6.45) is -2.06.